The molecule has 0 heterocycles. The number of ether oxygens (including phenoxy) is 2. The fraction of sp³-hybridized carbons (Fsp3) is 0.0952. The molecule has 0 radical (unpaired) electrons. The Kier molecular flexibility index (Phi) is 5.83. The number of carbonyl (C=O) groups is 1. The van der Waals surface area contributed by atoms with Crippen LogP contribution in [-0.2, 0) is 0 Å². The van der Waals surface area contributed by atoms with E-state index >= 15 is 0 Å². The molecule has 0 unspecified atom stereocenters. The third-order valence-corrected chi connectivity index (χ3v) is 3.60. The molecule has 0 bridgehead atoms. The lowest BCUT2D eigenvalue weighted by atomic mass is 10.2. The van der Waals surface area contributed by atoms with Crippen molar-refractivity contribution in [2.24, 2.45) is 0 Å². The van der Waals surface area contributed by atoms with Crippen LogP contribution in [0.2, 0.25) is 0 Å². The summed E-state index contributed by atoms with van der Waals surface area (Å²) in [6, 6.07) is 22.2. The molecular formula is C21H18FNO3. The molecule has 0 aromatic heterocycles. The van der Waals surface area contributed by atoms with E-state index in [-0.39, 0.29) is 11.6 Å². The zero-order valence-electron chi connectivity index (χ0n) is 14.0. The van der Waals surface area contributed by atoms with Crippen molar-refractivity contribution in [3.05, 3.63) is 90.2 Å². The zero-order chi connectivity index (χ0) is 18.2. The lowest BCUT2D eigenvalue weighted by Gasteiger charge is -2.09. The van der Waals surface area contributed by atoms with Crippen LogP contribution >= 0.6 is 0 Å². The lowest BCUT2D eigenvalue weighted by Crippen LogP contribution is -2.13. The van der Waals surface area contributed by atoms with Gasteiger partial charge in [0, 0.05) is 5.56 Å². The van der Waals surface area contributed by atoms with Gasteiger partial charge < -0.3 is 14.8 Å². The molecule has 0 aliphatic carbocycles. The van der Waals surface area contributed by atoms with Gasteiger partial charge in [0.05, 0.1) is 5.69 Å². The molecule has 0 aliphatic heterocycles. The maximum atomic E-state index is 13.6. The minimum atomic E-state index is -0.473. The Labute approximate surface area is 151 Å². The summed E-state index contributed by atoms with van der Waals surface area (Å²) < 4.78 is 24.7. The number of amides is 1. The van der Waals surface area contributed by atoms with Crippen molar-refractivity contribution in [2.75, 3.05) is 18.5 Å². The minimum absolute atomic E-state index is 0.149. The van der Waals surface area contributed by atoms with Gasteiger partial charge in [0.25, 0.3) is 5.91 Å². The Morgan fingerprint density at radius 2 is 1.35 bits per heavy atom. The fourth-order valence-corrected chi connectivity index (χ4v) is 2.30. The largest absolute Gasteiger partial charge is 0.490 e. The molecule has 132 valence electrons. The molecule has 3 aromatic rings. The summed E-state index contributed by atoms with van der Waals surface area (Å²) in [7, 11) is 0. The molecule has 0 aliphatic rings. The average Bonchev–Trinajstić information content (AvgIpc) is 2.68. The van der Waals surface area contributed by atoms with E-state index < -0.39 is 5.82 Å². The number of hydrogen-bond donors (Lipinski definition) is 1. The van der Waals surface area contributed by atoms with E-state index in [1.54, 1.807) is 36.4 Å². The highest BCUT2D eigenvalue weighted by Crippen LogP contribution is 2.16. The molecule has 0 fully saturated rings. The van der Waals surface area contributed by atoms with Gasteiger partial charge >= 0.3 is 0 Å². The second-order valence-electron chi connectivity index (χ2n) is 5.47. The third kappa shape index (κ3) is 4.83. The quantitative estimate of drug-likeness (QED) is 0.636. The van der Waals surface area contributed by atoms with Crippen molar-refractivity contribution in [1.82, 2.24) is 0 Å². The predicted octanol–water partition coefficient (Wildman–Crippen LogP) is 4.54. The first-order valence-corrected chi connectivity index (χ1v) is 8.19. The minimum Gasteiger partial charge on any atom is -0.490 e. The molecule has 4 nitrogen and oxygen atoms in total. The van der Waals surface area contributed by atoms with Gasteiger partial charge in [-0.15, -0.1) is 0 Å². The molecular weight excluding hydrogens is 333 g/mol. The molecule has 3 aromatic carbocycles. The number of halogens is 1. The Morgan fingerprint density at radius 3 is 2.00 bits per heavy atom. The number of anilines is 1. The second kappa shape index (κ2) is 8.67. The normalized spacial score (nSPS) is 10.2. The van der Waals surface area contributed by atoms with Crippen molar-refractivity contribution >= 4 is 11.6 Å². The summed E-state index contributed by atoms with van der Waals surface area (Å²) in [6.07, 6.45) is 0. The van der Waals surface area contributed by atoms with Crippen molar-refractivity contribution in [2.45, 2.75) is 0 Å². The fourth-order valence-electron chi connectivity index (χ4n) is 2.30. The number of para-hydroxylation sites is 2. The Hall–Kier alpha value is -3.34. The molecule has 1 amide bonds. The standard InChI is InChI=1S/C21H18FNO3/c22-19-8-4-5-9-20(19)23-21(24)16-10-12-18(13-11-16)26-15-14-25-17-6-2-1-3-7-17/h1-13H,14-15H2,(H,23,24). The van der Waals surface area contributed by atoms with E-state index in [1.807, 2.05) is 30.3 Å². The summed E-state index contributed by atoms with van der Waals surface area (Å²) in [4.78, 5) is 12.2. The van der Waals surface area contributed by atoms with Crippen LogP contribution in [-0.4, -0.2) is 19.1 Å². The SMILES string of the molecule is O=C(Nc1ccccc1F)c1ccc(OCCOc2ccccc2)cc1. The molecule has 0 saturated carbocycles. The highest BCUT2D eigenvalue weighted by Gasteiger charge is 2.09. The van der Waals surface area contributed by atoms with Crippen LogP contribution in [0.15, 0.2) is 78.9 Å². The van der Waals surface area contributed by atoms with Crippen molar-refractivity contribution in [1.29, 1.82) is 0 Å². The molecule has 26 heavy (non-hydrogen) atoms. The number of carbonyl (C=O) groups excluding carboxylic acids is 1. The third-order valence-electron chi connectivity index (χ3n) is 3.60. The predicted molar refractivity (Wildman–Crippen MR) is 98.2 cm³/mol. The van der Waals surface area contributed by atoms with E-state index in [0.29, 0.717) is 24.5 Å². The van der Waals surface area contributed by atoms with Gasteiger partial charge in [-0.3, -0.25) is 4.79 Å². The summed E-state index contributed by atoms with van der Waals surface area (Å²) in [6.45, 7) is 0.801. The average molecular weight is 351 g/mol. The van der Waals surface area contributed by atoms with E-state index in [2.05, 4.69) is 5.32 Å². The number of benzene rings is 3. The van der Waals surface area contributed by atoms with Crippen LogP contribution in [0.25, 0.3) is 0 Å². The molecule has 0 atom stereocenters. The Morgan fingerprint density at radius 1 is 0.769 bits per heavy atom. The van der Waals surface area contributed by atoms with Crippen molar-refractivity contribution in [3.63, 3.8) is 0 Å². The maximum Gasteiger partial charge on any atom is 0.255 e. The van der Waals surface area contributed by atoms with Gasteiger partial charge in [0.1, 0.15) is 30.5 Å². The van der Waals surface area contributed by atoms with Crippen molar-refractivity contribution < 1.29 is 18.7 Å². The van der Waals surface area contributed by atoms with Crippen LogP contribution < -0.4 is 14.8 Å². The zero-order valence-corrected chi connectivity index (χ0v) is 14.0. The van der Waals surface area contributed by atoms with E-state index in [4.69, 9.17) is 9.47 Å². The van der Waals surface area contributed by atoms with E-state index in [0.717, 1.165) is 5.75 Å². The van der Waals surface area contributed by atoms with Gasteiger partial charge in [-0.05, 0) is 48.5 Å². The van der Waals surface area contributed by atoms with Gasteiger partial charge in [0.2, 0.25) is 0 Å². The topological polar surface area (TPSA) is 47.6 Å². The van der Waals surface area contributed by atoms with E-state index in [9.17, 15) is 9.18 Å². The first-order valence-electron chi connectivity index (χ1n) is 8.19. The van der Waals surface area contributed by atoms with Crippen LogP contribution in [0.1, 0.15) is 10.4 Å². The number of hydrogen-bond acceptors (Lipinski definition) is 3. The molecule has 1 N–H and O–H groups in total. The summed E-state index contributed by atoms with van der Waals surface area (Å²) in [5.41, 5.74) is 0.567. The van der Waals surface area contributed by atoms with Gasteiger partial charge in [-0.25, -0.2) is 4.39 Å². The molecule has 5 heteroatoms. The Balaban J connectivity index is 1.48. The van der Waals surface area contributed by atoms with Gasteiger partial charge in [-0.1, -0.05) is 30.3 Å². The van der Waals surface area contributed by atoms with Crippen LogP contribution in [0.5, 0.6) is 11.5 Å². The maximum absolute atomic E-state index is 13.6. The van der Waals surface area contributed by atoms with Gasteiger partial charge in [0.15, 0.2) is 0 Å². The molecule has 3 rings (SSSR count). The molecule has 0 saturated heterocycles. The highest BCUT2D eigenvalue weighted by atomic mass is 19.1. The van der Waals surface area contributed by atoms with Crippen LogP contribution in [0.3, 0.4) is 0 Å². The second-order valence-corrected chi connectivity index (χ2v) is 5.47. The number of nitrogens with one attached hydrogen (secondary N) is 1. The number of rotatable bonds is 7. The first kappa shape index (κ1) is 17.5. The van der Waals surface area contributed by atoms with Crippen LogP contribution in [0, 0.1) is 5.82 Å². The smallest absolute Gasteiger partial charge is 0.255 e. The lowest BCUT2D eigenvalue weighted by molar-refractivity contribution is 0.102. The Bertz CT molecular complexity index is 851. The van der Waals surface area contributed by atoms with Crippen LogP contribution in [0.4, 0.5) is 10.1 Å². The molecule has 0 spiro atoms. The summed E-state index contributed by atoms with van der Waals surface area (Å²) in [5.74, 6) is 0.564. The summed E-state index contributed by atoms with van der Waals surface area (Å²) in [5, 5.41) is 2.54. The summed E-state index contributed by atoms with van der Waals surface area (Å²) >= 11 is 0. The highest BCUT2D eigenvalue weighted by molar-refractivity contribution is 6.04. The first-order chi connectivity index (χ1) is 12.7. The van der Waals surface area contributed by atoms with Crippen molar-refractivity contribution in [3.8, 4) is 11.5 Å². The van der Waals surface area contributed by atoms with Gasteiger partial charge in [-0.2, -0.15) is 0 Å². The van der Waals surface area contributed by atoms with E-state index in [1.165, 1.54) is 12.1 Å². The monoisotopic (exact) mass is 351 g/mol.